The third-order valence-corrected chi connectivity index (χ3v) is 2.27. The summed E-state index contributed by atoms with van der Waals surface area (Å²) in [6.07, 6.45) is 2.09. The van der Waals surface area contributed by atoms with Crippen molar-refractivity contribution in [2.75, 3.05) is 13.2 Å². The van der Waals surface area contributed by atoms with Gasteiger partial charge in [-0.25, -0.2) is 0 Å². The number of aliphatic hydroxyl groups excluding tert-OH is 1. The highest BCUT2D eigenvalue weighted by Crippen LogP contribution is 1.99. The maximum atomic E-state index is 11.6. The van der Waals surface area contributed by atoms with Gasteiger partial charge >= 0.3 is 0 Å². The van der Waals surface area contributed by atoms with E-state index in [1.165, 1.54) is 12.3 Å². The summed E-state index contributed by atoms with van der Waals surface area (Å²) in [4.78, 5) is 25.0. The molecular formula is C11H16N2O3. The quantitative estimate of drug-likeness (QED) is 0.664. The van der Waals surface area contributed by atoms with Crippen molar-refractivity contribution in [2.45, 2.75) is 13.3 Å². The molecular weight excluding hydrogens is 208 g/mol. The third kappa shape index (κ3) is 3.86. The molecule has 0 aliphatic heterocycles. The van der Waals surface area contributed by atoms with Crippen LogP contribution in [0.5, 0.6) is 0 Å². The van der Waals surface area contributed by atoms with Crippen LogP contribution in [0, 0.1) is 5.92 Å². The van der Waals surface area contributed by atoms with E-state index in [2.05, 4.69) is 10.3 Å². The van der Waals surface area contributed by atoms with Gasteiger partial charge in [0.1, 0.15) is 0 Å². The van der Waals surface area contributed by atoms with Crippen molar-refractivity contribution in [1.82, 2.24) is 10.3 Å². The first-order chi connectivity index (χ1) is 7.63. The molecule has 0 saturated heterocycles. The molecule has 3 N–H and O–H groups in total. The van der Waals surface area contributed by atoms with Gasteiger partial charge in [0.25, 0.3) is 5.91 Å². The van der Waals surface area contributed by atoms with Gasteiger partial charge in [-0.3, -0.25) is 9.59 Å². The third-order valence-electron chi connectivity index (χ3n) is 2.27. The van der Waals surface area contributed by atoms with Crippen LogP contribution in [-0.2, 0) is 0 Å². The van der Waals surface area contributed by atoms with Crippen LogP contribution in [-0.4, -0.2) is 29.1 Å². The number of H-pyrrole nitrogens is 1. The first-order valence-corrected chi connectivity index (χ1v) is 5.21. The standard InChI is InChI=1S/C11H16N2O3/c1-8(3-5-14)7-13-11(16)9-2-4-12-10(15)6-9/h2,4,6,8,14H,3,5,7H2,1H3,(H,12,15)(H,13,16). The number of hydrogen-bond acceptors (Lipinski definition) is 3. The van der Waals surface area contributed by atoms with Crippen LogP contribution in [0.1, 0.15) is 23.7 Å². The van der Waals surface area contributed by atoms with Crippen LogP contribution >= 0.6 is 0 Å². The van der Waals surface area contributed by atoms with Crippen molar-refractivity contribution in [3.05, 3.63) is 34.2 Å². The largest absolute Gasteiger partial charge is 0.396 e. The van der Waals surface area contributed by atoms with Gasteiger partial charge in [0.05, 0.1) is 0 Å². The smallest absolute Gasteiger partial charge is 0.251 e. The monoisotopic (exact) mass is 224 g/mol. The molecule has 0 bridgehead atoms. The topological polar surface area (TPSA) is 82.2 Å². The Morgan fingerprint density at radius 1 is 1.62 bits per heavy atom. The van der Waals surface area contributed by atoms with Gasteiger partial charge in [-0.2, -0.15) is 0 Å². The number of carbonyl (C=O) groups excluding carboxylic acids is 1. The fourth-order valence-electron chi connectivity index (χ4n) is 1.28. The van der Waals surface area contributed by atoms with Crippen molar-refractivity contribution in [3.63, 3.8) is 0 Å². The fraction of sp³-hybridized carbons (Fsp3) is 0.455. The van der Waals surface area contributed by atoms with Gasteiger partial charge < -0.3 is 15.4 Å². The van der Waals surface area contributed by atoms with Crippen molar-refractivity contribution in [1.29, 1.82) is 0 Å². The van der Waals surface area contributed by atoms with E-state index in [-0.39, 0.29) is 24.0 Å². The number of aliphatic hydroxyl groups is 1. The molecule has 1 aromatic heterocycles. The number of nitrogens with one attached hydrogen (secondary N) is 2. The summed E-state index contributed by atoms with van der Waals surface area (Å²) in [7, 11) is 0. The summed E-state index contributed by atoms with van der Waals surface area (Å²) in [5.41, 5.74) is 0.0519. The molecule has 0 radical (unpaired) electrons. The van der Waals surface area contributed by atoms with Gasteiger partial charge in [-0.15, -0.1) is 0 Å². The summed E-state index contributed by atoms with van der Waals surface area (Å²) in [6.45, 7) is 2.54. The molecule has 88 valence electrons. The SMILES string of the molecule is CC(CCO)CNC(=O)c1cc[nH]c(=O)c1. The normalized spacial score (nSPS) is 12.1. The molecule has 0 saturated carbocycles. The average molecular weight is 224 g/mol. The second-order valence-corrected chi connectivity index (χ2v) is 3.77. The number of pyridine rings is 1. The number of rotatable bonds is 5. The molecule has 1 aromatic rings. The lowest BCUT2D eigenvalue weighted by molar-refractivity contribution is 0.0945. The summed E-state index contributed by atoms with van der Waals surface area (Å²) in [5.74, 6) is -0.0492. The number of carbonyl (C=O) groups is 1. The summed E-state index contributed by atoms with van der Waals surface area (Å²) in [5, 5.41) is 11.4. The van der Waals surface area contributed by atoms with Gasteiger partial charge in [0.15, 0.2) is 0 Å². The zero-order valence-electron chi connectivity index (χ0n) is 9.19. The summed E-state index contributed by atoms with van der Waals surface area (Å²) < 4.78 is 0. The van der Waals surface area contributed by atoms with Crippen LogP contribution in [0.15, 0.2) is 23.1 Å². The summed E-state index contributed by atoms with van der Waals surface area (Å²) >= 11 is 0. The van der Waals surface area contributed by atoms with E-state index in [9.17, 15) is 9.59 Å². The number of amides is 1. The van der Waals surface area contributed by atoms with E-state index in [1.54, 1.807) is 6.07 Å². The Bertz CT molecular complexity index is 400. The van der Waals surface area contributed by atoms with Crippen LogP contribution in [0.3, 0.4) is 0 Å². The van der Waals surface area contributed by atoms with E-state index < -0.39 is 0 Å². The molecule has 1 rings (SSSR count). The molecule has 0 fully saturated rings. The molecule has 1 atom stereocenters. The molecule has 1 amide bonds. The lowest BCUT2D eigenvalue weighted by atomic mass is 10.1. The molecule has 5 heteroatoms. The average Bonchev–Trinajstić information content (AvgIpc) is 2.26. The maximum Gasteiger partial charge on any atom is 0.251 e. The molecule has 1 unspecified atom stereocenters. The zero-order valence-corrected chi connectivity index (χ0v) is 9.19. The minimum absolute atomic E-state index is 0.113. The van der Waals surface area contributed by atoms with Crippen molar-refractivity contribution < 1.29 is 9.90 Å². The molecule has 0 aliphatic carbocycles. The van der Waals surface area contributed by atoms with Crippen molar-refractivity contribution >= 4 is 5.91 Å². The molecule has 16 heavy (non-hydrogen) atoms. The van der Waals surface area contributed by atoms with E-state index in [1.807, 2.05) is 6.92 Å². The highest BCUT2D eigenvalue weighted by atomic mass is 16.3. The Morgan fingerprint density at radius 2 is 2.38 bits per heavy atom. The predicted molar refractivity (Wildman–Crippen MR) is 60.3 cm³/mol. The Labute approximate surface area is 93.5 Å². The highest BCUT2D eigenvalue weighted by molar-refractivity contribution is 5.93. The van der Waals surface area contributed by atoms with E-state index in [0.717, 1.165) is 0 Å². The van der Waals surface area contributed by atoms with Crippen LogP contribution < -0.4 is 10.9 Å². The second kappa shape index (κ2) is 6.07. The minimum atomic E-state index is -0.295. The fourth-order valence-corrected chi connectivity index (χ4v) is 1.28. The Hall–Kier alpha value is -1.62. The number of aromatic amines is 1. The van der Waals surface area contributed by atoms with E-state index in [0.29, 0.717) is 18.5 Å². The Kier molecular flexibility index (Phi) is 4.72. The van der Waals surface area contributed by atoms with Crippen molar-refractivity contribution in [2.24, 2.45) is 5.92 Å². The minimum Gasteiger partial charge on any atom is -0.396 e. The Morgan fingerprint density at radius 3 is 3.00 bits per heavy atom. The molecule has 1 heterocycles. The van der Waals surface area contributed by atoms with Gasteiger partial charge in [0.2, 0.25) is 5.56 Å². The predicted octanol–water partition coefficient (Wildman–Crippen LogP) is 0.123. The Balaban J connectivity index is 2.50. The molecule has 0 aromatic carbocycles. The summed E-state index contributed by atoms with van der Waals surface area (Å²) in [6, 6.07) is 2.81. The molecule has 5 nitrogen and oxygen atoms in total. The number of hydrogen-bond donors (Lipinski definition) is 3. The maximum absolute atomic E-state index is 11.6. The van der Waals surface area contributed by atoms with Crippen LogP contribution in [0.2, 0.25) is 0 Å². The van der Waals surface area contributed by atoms with Gasteiger partial charge in [-0.05, 0) is 18.4 Å². The number of aromatic nitrogens is 1. The van der Waals surface area contributed by atoms with Crippen LogP contribution in [0.4, 0.5) is 0 Å². The first kappa shape index (κ1) is 12.4. The zero-order chi connectivity index (χ0) is 12.0. The van der Waals surface area contributed by atoms with Gasteiger partial charge in [0, 0.05) is 31.0 Å². The molecule has 0 spiro atoms. The molecule has 0 aliphatic rings. The van der Waals surface area contributed by atoms with Crippen molar-refractivity contribution in [3.8, 4) is 0 Å². The van der Waals surface area contributed by atoms with E-state index >= 15 is 0 Å². The first-order valence-electron chi connectivity index (χ1n) is 5.21. The lowest BCUT2D eigenvalue weighted by Crippen LogP contribution is -2.29. The lowest BCUT2D eigenvalue weighted by Gasteiger charge is -2.10. The van der Waals surface area contributed by atoms with Gasteiger partial charge in [-0.1, -0.05) is 6.92 Å². The second-order valence-electron chi connectivity index (χ2n) is 3.77. The van der Waals surface area contributed by atoms with E-state index in [4.69, 9.17) is 5.11 Å². The highest BCUT2D eigenvalue weighted by Gasteiger charge is 2.07. The van der Waals surface area contributed by atoms with Crippen LogP contribution in [0.25, 0.3) is 0 Å².